The van der Waals surface area contributed by atoms with E-state index in [1.807, 2.05) is 0 Å². The van der Waals surface area contributed by atoms with Crippen molar-refractivity contribution in [3.63, 3.8) is 0 Å². The molecule has 0 aliphatic heterocycles. The highest BCUT2D eigenvalue weighted by atomic mass is 32.1. The van der Waals surface area contributed by atoms with E-state index < -0.39 is 17.0 Å². The number of nitrogens with zero attached hydrogens (tertiary/aromatic N) is 1. The number of carbonyl (C=O) groups is 1. The maximum Gasteiger partial charge on any atom is 0.427 e. The Morgan fingerprint density at radius 1 is 1.64 bits per heavy atom. The molecule has 0 aliphatic rings. The maximum absolute atomic E-state index is 12.1. The number of thiazole rings is 1. The van der Waals surface area contributed by atoms with Crippen LogP contribution in [0.4, 0.5) is 13.2 Å². The molecule has 1 aromatic heterocycles. The highest BCUT2D eigenvalue weighted by molar-refractivity contribution is 7.13. The second kappa shape index (κ2) is 3.95. The average Bonchev–Trinajstić information content (AvgIpc) is 2.51. The summed E-state index contributed by atoms with van der Waals surface area (Å²) in [5.74, 6) is -0.826. The zero-order valence-electron chi connectivity index (χ0n) is 7.09. The van der Waals surface area contributed by atoms with Gasteiger partial charge in [0.25, 0.3) is 0 Å². The van der Waals surface area contributed by atoms with Gasteiger partial charge in [0, 0.05) is 0 Å². The number of carbonyl (C=O) groups excluding carboxylic acids is 1. The molecule has 14 heavy (non-hydrogen) atoms. The summed E-state index contributed by atoms with van der Waals surface area (Å²) in [6.07, 6.45) is -3.83. The van der Waals surface area contributed by atoms with E-state index in [2.05, 4.69) is 9.72 Å². The van der Waals surface area contributed by atoms with Gasteiger partial charge in [-0.05, 0) is 6.92 Å². The van der Waals surface area contributed by atoms with Crippen LogP contribution < -0.4 is 0 Å². The van der Waals surface area contributed by atoms with Crippen LogP contribution in [-0.4, -0.2) is 17.6 Å². The SMILES string of the molecule is CCOC(=O)c1ncc(C(F)(F)F)s1. The summed E-state index contributed by atoms with van der Waals surface area (Å²) in [6, 6.07) is 0. The fourth-order valence-corrected chi connectivity index (χ4v) is 1.37. The molecule has 1 heterocycles. The Morgan fingerprint density at radius 3 is 2.71 bits per heavy atom. The van der Waals surface area contributed by atoms with Crippen molar-refractivity contribution in [3.05, 3.63) is 16.1 Å². The fourth-order valence-electron chi connectivity index (χ4n) is 0.692. The Morgan fingerprint density at radius 2 is 2.29 bits per heavy atom. The Kier molecular flexibility index (Phi) is 3.10. The second-order valence-corrected chi connectivity index (χ2v) is 3.28. The lowest BCUT2D eigenvalue weighted by atomic mass is 10.5. The van der Waals surface area contributed by atoms with Crippen molar-refractivity contribution in [2.45, 2.75) is 13.1 Å². The molecular weight excluding hydrogens is 219 g/mol. The quantitative estimate of drug-likeness (QED) is 0.725. The van der Waals surface area contributed by atoms with Crippen molar-refractivity contribution in [1.82, 2.24) is 4.98 Å². The standard InChI is InChI=1S/C7H6F3NO2S/c1-2-13-6(12)5-11-3-4(14-5)7(8,9)10/h3H,2H2,1H3. The Bertz CT molecular complexity index is 334. The number of hydrogen-bond acceptors (Lipinski definition) is 4. The molecule has 0 unspecified atom stereocenters. The van der Waals surface area contributed by atoms with E-state index in [0.29, 0.717) is 6.20 Å². The molecule has 78 valence electrons. The Balaban J connectivity index is 2.83. The molecule has 7 heteroatoms. The van der Waals surface area contributed by atoms with Gasteiger partial charge in [0.05, 0.1) is 12.8 Å². The molecule has 0 aromatic carbocycles. The van der Waals surface area contributed by atoms with Crippen LogP contribution in [0, 0.1) is 0 Å². The van der Waals surface area contributed by atoms with Crippen molar-refractivity contribution in [1.29, 1.82) is 0 Å². The second-order valence-electron chi connectivity index (χ2n) is 2.25. The van der Waals surface area contributed by atoms with Crippen LogP contribution in [0.5, 0.6) is 0 Å². The van der Waals surface area contributed by atoms with Crippen LogP contribution in [-0.2, 0) is 10.9 Å². The van der Waals surface area contributed by atoms with Crippen LogP contribution in [0.2, 0.25) is 0 Å². The summed E-state index contributed by atoms with van der Waals surface area (Å²) in [4.78, 5) is 13.4. The van der Waals surface area contributed by atoms with Gasteiger partial charge in [-0.15, -0.1) is 11.3 Å². The highest BCUT2D eigenvalue weighted by Gasteiger charge is 2.34. The van der Waals surface area contributed by atoms with Crippen molar-refractivity contribution in [3.8, 4) is 0 Å². The molecule has 0 N–H and O–H groups in total. The largest absolute Gasteiger partial charge is 0.461 e. The van der Waals surface area contributed by atoms with Crippen LogP contribution in [0.3, 0.4) is 0 Å². The molecule has 0 fully saturated rings. The minimum Gasteiger partial charge on any atom is -0.461 e. The monoisotopic (exact) mass is 225 g/mol. The van der Waals surface area contributed by atoms with Crippen LogP contribution in [0.1, 0.15) is 21.6 Å². The molecule has 0 radical (unpaired) electrons. The van der Waals surface area contributed by atoms with Crippen LogP contribution >= 0.6 is 11.3 Å². The number of halogens is 3. The van der Waals surface area contributed by atoms with Crippen molar-refractivity contribution >= 4 is 17.3 Å². The smallest absolute Gasteiger partial charge is 0.427 e. The highest BCUT2D eigenvalue weighted by Crippen LogP contribution is 2.33. The Labute approximate surface area is 81.5 Å². The summed E-state index contributed by atoms with van der Waals surface area (Å²) >= 11 is 0.277. The molecule has 0 bridgehead atoms. The molecule has 0 spiro atoms. The minimum atomic E-state index is -4.46. The zero-order chi connectivity index (χ0) is 10.8. The first-order valence-electron chi connectivity index (χ1n) is 3.65. The average molecular weight is 225 g/mol. The normalized spacial score (nSPS) is 11.4. The van der Waals surface area contributed by atoms with Gasteiger partial charge in [0.15, 0.2) is 0 Å². The number of aromatic nitrogens is 1. The lowest BCUT2D eigenvalue weighted by Gasteiger charge is -1.99. The third-order valence-electron chi connectivity index (χ3n) is 1.24. The fraction of sp³-hybridized carbons (Fsp3) is 0.429. The first-order chi connectivity index (χ1) is 6.45. The van der Waals surface area contributed by atoms with Gasteiger partial charge < -0.3 is 4.74 Å². The molecular formula is C7H6F3NO2S. The first-order valence-corrected chi connectivity index (χ1v) is 4.47. The number of ether oxygens (including phenoxy) is 1. The number of hydrogen-bond donors (Lipinski definition) is 0. The summed E-state index contributed by atoms with van der Waals surface area (Å²) in [6.45, 7) is 1.68. The molecule has 0 aliphatic carbocycles. The lowest BCUT2D eigenvalue weighted by Crippen LogP contribution is -2.03. The third-order valence-corrected chi connectivity index (χ3v) is 2.26. The maximum atomic E-state index is 12.1. The van der Waals surface area contributed by atoms with E-state index in [9.17, 15) is 18.0 Å². The van der Waals surface area contributed by atoms with Crippen molar-refractivity contribution in [2.75, 3.05) is 6.61 Å². The summed E-state index contributed by atoms with van der Waals surface area (Å²) in [5.41, 5.74) is 0. The molecule has 0 saturated heterocycles. The van der Waals surface area contributed by atoms with E-state index in [0.717, 1.165) is 0 Å². The molecule has 0 saturated carbocycles. The molecule has 0 atom stereocenters. The predicted octanol–water partition coefficient (Wildman–Crippen LogP) is 2.34. The van der Waals surface area contributed by atoms with E-state index >= 15 is 0 Å². The predicted molar refractivity (Wildman–Crippen MR) is 43.1 cm³/mol. The van der Waals surface area contributed by atoms with Crippen LogP contribution in [0.25, 0.3) is 0 Å². The van der Waals surface area contributed by atoms with Gasteiger partial charge in [-0.2, -0.15) is 13.2 Å². The van der Waals surface area contributed by atoms with E-state index in [4.69, 9.17) is 0 Å². The topological polar surface area (TPSA) is 39.2 Å². The van der Waals surface area contributed by atoms with Crippen molar-refractivity contribution < 1.29 is 22.7 Å². The van der Waals surface area contributed by atoms with Gasteiger partial charge >= 0.3 is 12.1 Å². The van der Waals surface area contributed by atoms with E-state index in [-0.39, 0.29) is 23.0 Å². The number of rotatable bonds is 2. The molecule has 0 amide bonds. The van der Waals surface area contributed by atoms with Gasteiger partial charge in [-0.3, -0.25) is 0 Å². The van der Waals surface area contributed by atoms with E-state index in [1.165, 1.54) is 0 Å². The lowest BCUT2D eigenvalue weighted by molar-refractivity contribution is -0.134. The first kappa shape index (κ1) is 11.0. The summed E-state index contributed by atoms with van der Waals surface area (Å²) in [5, 5.41) is -0.279. The molecule has 1 aromatic rings. The minimum absolute atomic E-state index is 0.111. The van der Waals surface area contributed by atoms with Gasteiger partial charge in [-0.1, -0.05) is 0 Å². The van der Waals surface area contributed by atoms with Crippen molar-refractivity contribution in [2.24, 2.45) is 0 Å². The summed E-state index contributed by atoms with van der Waals surface area (Å²) in [7, 11) is 0. The van der Waals surface area contributed by atoms with Gasteiger partial charge in [-0.25, -0.2) is 9.78 Å². The number of alkyl halides is 3. The van der Waals surface area contributed by atoms with Gasteiger partial charge in [0.1, 0.15) is 4.88 Å². The van der Waals surface area contributed by atoms with E-state index in [1.54, 1.807) is 6.92 Å². The molecule has 1 rings (SSSR count). The zero-order valence-corrected chi connectivity index (χ0v) is 7.91. The van der Waals surface area contributed by atoms with Gasteiger partial charge in [0.2, 0.25) is 5.01 Å². The summed E-state index contributed by atoms with van der Waals surface area (Å²) < 4.78 is 40.7. The Hall–Kier alpha value is -1.11. The third kappa shape index (κ3) is 2.44. The molecule has 3 nitrogen and oxygen atoms in total. The van der Waals surface area contributed by atoms with Crippen LogP contribution in [0.15, 0.2) is 6.20 Å². The number of esters is 1.